The molecule has 118 valence electrons. The summed E-state index contributed by atoms with van der Waals surface area (Å²) in [6, 6.07) is 6.99. The lowest BCUT2D eigenvalue weighted by Crippen LogP contribution is -2.55. The smallest absolute Gasteiger partial charge is 0.182 e. The number of nitrogens with one attached hydrogen (secondary N) is 1. The number of rotatable bonds is 4. The summed E-state index contributed by atoms with van der Waals surface area (Å²) < 4.78 is 26.9. The molecule has 0 heterocycles. The third-order valence-electron chi connectivity index (χ3n) is 4.49. The van der Waals surface area contributed by atoms with Gasteiger partial charge in [0.1, 0.15) is 0 Å². The average Bonchev–Trinajstić information content (AvgIpc) is 2.41. The molecule has 1 aliphatic rings. The molecule has 2 rings (SSSR count). The summed E-state index contributed by atoms with van der Waals surface area (Å²) >= 11 is 3.36. The van der Waals surface area contributed by atoms with Crippen molar-refractivity contribution in [2.75, 3.05) is 6.54 Å². The lowest BCUT2D eigenvalue weighted by molar-refractivity contribution is 0.172. The van der Waals surface area contributed by atoms with Gasteiger partial charge in [-0.15, -0.1) is 0 Å². The van der Waals surface area contributed by atoms with Gasteiger partial charge in [0.2, 0.25) is 0 Å². The number of benzene rings is 1. The Hall–Kier alpha value is -0.390. The number of hydrogen-bond donors (Lipinski definition) is 1. The Morgan fingerprint density at radius 1 is 1.29 bits per heavy atom. The maximum Gasteiger partial charge on any atom is 0.182 e. The van der Waals surface area contributed by atoms with Crippen LogP contribution in [0.15, 0.2) is 33.6 Å². The Bertz CT molecular complexity index is 581. The highest BCUT2D eigenvalue weighted by atomic mass is 79.9. The third kappa shape index (κ3) is 3.51. The van der Waals surface area contributed by atoms with Gasteiger partial charge < -0.3 is 5.32 Å². The lowest BCUT2D eigenvalue weighted by Gasteiger charge is -2.44. The topological polar surface area (TPSA) is 46.2 Å². The summed E-state index contributed by atoms with van der Waals surface area (Å²) in [7, 11) is -3.30. The van der Waals surface area contributed by atoms with Gasteiger partial charge in [-0.3, -0.25) is 0 Å². The molecule has 3 nitrogen and oxygen atoms in total. The maximum absolute atomic E-state index is 13.0. The van der Waals surface area contributed by atoms with Crippen LogP contribution in [0.3, 0.4) is 0 Å². The van der Waals surface area contributed by atoms with Crippen molar-refractivity contribution in [1.82, 2.24) is 5.32 Å². The highest BCUT2D eigenvalue weighted by Crippen LogP contribution is 2.40. The van der Waals surface area contributed by atoms with Gasteiger partial charge in [-0.1, -0.05) is 43.1 Å². The van der Waals surface area contributed by atoms with Crippen molar-refractivity contribution in [3.63, 3.8) is 0 Å². The van der Waals surface area contributed by atoms with Crippen LogP contribution in [0.4, 0.5) is 0 Å². The minimum absolute atomic E-state index is 0.00135. The molecule has 2 unspecified atom stereocenters. The van der Waals surface area contributed by atoms with Gasteiger partial charge in [-0.25, -0.2) is 8.42 Å². The summed E-state index contributed by atoms with van der Waals surface area (Å²) in [5, 5.41) is 3.08. The third-order valence-corrected chi connectivity index (χ3v) is 7.25. The van der Waals surface area contributed by atoms with E-state index in [1.54, 1.807) is 24.3 Å². The standard InChI is InChI=1S/C16H24BrNO2S/c1-4-18-15-14(6-5-11-16(15,2)3)21(19,20)13-9-7-12(17)8-10-13/h7-10,14-15,18H,4-6,11H2,1-3H3. The molecule has 1 aromatic rings. The van der Waals surface area contributed by atoms with Crippen LogP contribution in [0.25, 0.3) is 0 Å². The molecule has 1 N–H and O–H groups in total. The SMILES string of the molecule is CCNC1C(S(=O)(=O)c2ccc(Br)cc2)CCCC1(C)C. The molecule has 5 heteroatoms. The van der Waals surface area contributed by atoms with Crippen molar-refractivity contribution in [3.05, 3.63) is 28.7 Å². The molecule has 0 radical (unpaired) electrons. The average molecular weight is 374 g/mol. The molecule has 1 aromatic carbocycles. The van der Waals surface area contributed by atoms with E-state index in [-0.39, 0.29) is 16.7 Å². The first-order valence-corrected chi connectivity index (χ1v) is 9.86. The second-order valence-corrected chi connectivity index (χ2v) is 9.54. The van der Waals surface area contributed by atoms with E-state index in [1.807, 2.05) is 6.92 Å². The van der Waals surface area contributed by atoms with Crippen molar-refractivity contribution in [2.45, 2.75) is 56.2 Å². The summed E-state index contributed by atoms with van der Waals surface area (Å²) in [5.74, 6) is 0. The van der Waals surface area contributed by atoms with Crippen LogP contribution in [0.1, 0.15) is 40.0 Å². The lowest BCUT2D eigenvalue weighted by atomic mass is 9.73. The number of sulfone groups is 1. The second-order valence-electron chi connectivity index (χ2n) is 6.45. The highest BCUT2D eigenvalue weighted by Gasteiger charge is 2.44. The van der Waals surface area contributed by atoms with Gasteiger partial charge in [0.05, 0.1) is 10.1 Å². The monoisotopic (exact) mass is 373 g/mol. The van der Waals surface area contributed by atoms with Crippen LogP contribution < -0.4 is 5.32 Å². The number of halogens is 1. The van der Waals surface area contributed by atoms with E-state index in [0.717, 1.165) is 30.3 Å². The molecule has 0 saturated heterocycles. The van der Waals surface area contributed by atoms with Crippen LogP contribution in [0.5, 0.6) is 0 Å². The van der Waals surface area contributed by atoms with Gasteiger partial charge >= 0.3 is 0 Å². The summed E-state index contributed by atoms with van der Waals surface area (Å²) in [6.45, 7) is 7.17. The second kappa shape index (κ2) is 6.39. The first-order valence-electron chi connectivity index (χ1n) is 7.52. The summed E-state index contributed by atoms with van der Waals surface area (Å²) in [5.41, 5.74) is 0.00135. The largest absolute Gasteiger partial charge is 0.312 e. The zero-order valence-corrected chi connectivity index (χ0v) is 15.3. The van der Waals surface area contributed by atoms with E-state index in [2.05, 4.69) is 35.1 Å². The molecule has 21 heavy (non-hydrogen) atoms. The Morgan fingerprint density at radius 3 is 2.48 bits per heavy atom. The van der Waals surface area contributed by atoms with E-state index in [9.17, 15) is 8.42 Å². The minimum Gasteiger partial charge on any atom is -0.312 e. The van der Waals surface area contributed by atoms with E-state index >= 15 is 0 Å². The van der Waals surface area contributed by atoms with Crippen molar-refractivity contribution < 1.29 is 8.42 Å². The normalized spacial score (nSPS) is 25.7. The first-order chi connectivity index (χ1) is 9.79. The minimum atomic E-state index is -3.30. The fourth-order valence-corrected chi connectivity index (χ4v) is 5.77. The van der Waals surface area contributed by atoms with Crippen molar-refractivity contribution in [2.24, 2.45) is 5.41 Å². The predicted molar refractivity (Wildman–Crippen MR) is 90.2 cm³/mol. The van der Waals surface area contributed by atoms with E-state index < -0.39 is 9.84 Å². The Labute approximate surface area is 136 Å². The Balaban J connectivity index is 2.39. The molecule has 1 saturated carbocycles. The van der Waals surface area contributed by atoms with Crippen LogP contribution >= 0.6 is 15.9 Å². The van der Waals surface area contributed by atoms with Crippen LogP contribution in [-0.2, 0) is 9.84 Å². The van der Waals surface area contributed by atoms with Gasteiger partial charge in [-0.05, 0) is 49.1 Å². The van der Waals surface area contributed by atoms with E-state index in [1.165, 1.54) is 0 Å². The zero-order chi connectivity index (χ0) is 15.7. The molecule has 0 spiro atoms. The molecule has 0 amide bonds. The van der Waals surface area contributed by atoms with Crippen LogP contribution in [-0.4, -0.2) is 26.3 Å². The maximum atomic E-state index is 13.0. The van der Waals surface area contributed by atoms with Crippen molar-refractivity contribution >= 4 is 25.8 Å². The van der Waals surface area contributed by atoms with Gasteiger partial charge in [0.15, 0.2) is 9.84 Å². The van der Waals surface area contributed by atoms with Crippen molar-refractivity contribution in [1.29, 1.82) is 0 Å². The molecular formula is C16H24BrNO2S. The highest BCUT2D eigenvalue weighted by molar-refractivity contribution is 9.10. The molecule has 0 aromatic heterocycles. The Kier molecular flexibility index (Phi) is 5.16. The molecular weight excluding hydrogens is 350 g/mol. The molecule has 1 aliphatic carbocycles. The van der Waals surface area contributed by atoms with Gasteiger partial charge in [-0.2, -0.15) is 0 Å². The zero-order valence-electron chi connectivity index (χ0n) is 12.9. The van der Waals surface area contributed by atoms with Crippen LogP contribution in [0.2, 0.25) is 0 Å². The van der Waals surface area contributed by atoms with Gasteiger partial charge in [0.25, 0.3) is 0 Å². The summed E-state index contributed by atoms with van der Waals surface area (Å²) in [6.07, 6.45) is 2.77. The quantitative estimate of drug-likeness (QED) is 0.873. The Morgan fingerprint density at radius 2 is 1.90 bits per heavy atom. The van der Waals surface area contributed by atoms with Gasteiger partial charge in [0, 0.05) is 10.5 Å². The first kappa shape index (κ1) is 17.0. The number of hydrogen-bond acceptors (Lipinski definition) is 3. The molecule has 0 aliphatic heterocycles. The summed E-state index contributed by atoms with van der Waals surface area (Å²) in [4.78, 5) is 0.427. The molecule has 1 fully saturated rings. The molecule has 2 atom stereocenters. The predicted octanol–water partition coefficient (Wildman–Crippen LogP) is 3.78. The van der Waals surface area contributed by atoms with E-state index in [4.69, 9.17) is 0 Å². The van der Waals surface area contributed by atoms with Crippen molar-refractivity contribution in [3.8, 4) is 0 Å². The molecule has 0 bridgehead atoms. The van der Waals surface area contributed by atoms with Crippen LogP contribution in [0, 0.1) is 5.41 Å². The fourth-order valence-electron chi connectivity index (χ4n) is 3.35. The fraction of sp³-hybridized carbons (Fsp3) is 0.625. The van der Waals surface area contributed by atoms with E-state index in [0.29, 0.717) is 4.90 Å².